The van der Waals surface area contributed by atoms with Gasteiger partial charge in [-0.15, -0.1) is 11.3 Å². The zero-order chi connectivity index (χ0) is 16.2. The van der Waals surface area contributed by atoms with Gasteiger partial charge in [0.15, 0.2) is 0 Å². The molecule has 1 amide bonds. The van der Waals surface area contributed by atoms with Crippen molar-refractivity contribution in [3.63, 3.8) is 0 Å². The molecule has 2 unspecified atom stereocenters. The molecule has 2 N–H and O–H groups in total. The van der Waals surface area contributed by atoms with E-state index in [9.17, 15) is 9.59 Å². The van der Waals surface area contributed by atoms with E-state index >= 15 is 0 Å². The molecule has 1 aliphatic rings. The quantitative estimate of drug-likeness (QED) is 0.897. The highest BCUT2D eigenvalue weighted by Gasteiger charge is 2.31. The fourth-order valence-electron chi connectivity index (χ4n) is 2.99. The summed E-state index contributed by atoms with van der Waals surface area (Å²) in [5.74, 6) is -1.52. The van der Waals surface area contributed by atoms with Crippen LogP contribution in [0, 0.1) is 11.8 Å². The first-order valence-corrected chi connectivity index (χ1v) is 8.55. The van der Waals surface area contributed by atoms with Crippen molar-refractivity contribution < 1.29 is 14.7 Å². The molecule has 23 heavy (non-hydrogen) atoms. The first-order chi connectivity index (χ1) is 11.1. The molecule has 5 nitrogen and oxygen atoms in total. The molecule has 1 fully saturated rings. The summed E-state index contributed by atoms with van der Waals surface area (Å²) in [6.45, 7) is 0. The number of hydrogen-bond acceptors (Lipinski definition) is 4. The zero-order valence-corrected chi connectivity index (χ0v) is 13.4. The van der Waals surface area contributed by atoms with Crippen LogP contribution < -0.4 is 5.32 Å². The van der Waals surface area contributed by atoms with Crippen LogP contribution in [0.1, 0.15) is 25.7 Å². The third-order valence-electron chi connectivity index (χ3n) is 4.20. The van der Waals surface area contributed by atoms with Crippen molar-refractivity contribution >= 4 is 28.9 Å². The molecule has 1 aliphatic carbocycles. The Bertz CT molecular complexity index is 700. The topological polar surface area (TPSA) is 79.3 Å². The minimum atomic E-state index is -0.798. The standard InChI is InChI=1S/C17H18N2O3S/c20-15(11-3-1-5-13(9-11)17(21)22)19-14-6-2-4-12(10-14)16-18-7-8-23-16/h2,4,6-8,10-11,13H,1,3,5,9H2,(H,19,20)(H,21,22). The molecule has 0 radical (unpaired) electrons. The van der Waals surface area contributed by atoms with Crippen molar-refractivity contribution in [1.82, 2.24) is 4.98 Å². The summed E-state index contributed by atoms with van der Waals surface area (Å²) < 4.78 is 0. The first kappa shape index (κ1) is 15.7. The van der Waals surface area contributed by atoms with Crippen molar-refractivity contribution in [1.29, 1.82) is 0 Å². The predicted molar refractivity (Wildman–Crippen MR) is 89.3 cm³/mol. The van der Waals surface area contributed by atoms with Gasteiger partial charge in [0.1, 0.15) is 5.01 Å². The summed E-state index contributed by atoms with van der Waals surface area (Å²) in [6, 6.07) is 7.57. The molecular formula is C17H18N2O3S. The molecule has 1 aromatic heterocycles. The number of anilines is 1. The molecule has 0 spiro atoms. The smallest absolute Gasteiger partial charge is 0.306 e. The van der Waals surface area contributed by atoms with Gasteiger partial charge in [0, 0.05) is 28.7 Å². The Labute approximate surface area is 138 Å². The number of aromatic nitrogens is 1. The normalized spacial score (nSPS) is 20.9. The lowest BCUT2D eigenvalue weighted by atomic mass is 9.81. The lowest BCUT2D eigenvalue weighted by Crippen LogP contribution is -2.30. The van der Waals surface area contributed by atoms with Crippen LogP contribution in [0.5, 0.6) is 0 Å². The maximum atomic E-state index is 12.4. The van der Waals surface area contributed by atoms with E-state index in [2.05, 4.69) is 10.3 Å². The van der Waals surface area contributed by atoms with Crippen LogP contribution in [-0.4, -0.2) is 22.0 Å². The summed E-state index contributed by atoms with van der Waals surface area (Å²) >= 11 is 1.55. The first-order valence-electron chi connectivity index (χ1n) is 7.67. The lowest BCUT2D eigenvalue weighted by molar-refractivity contribution is -0.143. The number of rotatable bonds is 4. The second-order valence-electron chi connectivity index (χ2n) is 5.81. The number of benzene rings is 1. The Hall–Kier alpha value is -2.21. The van der Waals surface area contributed by atoms with Gasteiger partial charge < -0.3 is 10.4 Å². The summed E-state index contributed by atoms with van der Waals surface area (Å²) in [7, 11) is 0. The maximum absolute atomic E-state index is 12.4. The van der Waals surface area contributed by atoms with E-state index in [0.717, 1.165) is 29.1 Å². The van der Waals surface area contributed by atoms with Gasteiger partial charge in [0.05, 0.1) is 5.92 Å². The molecule has 3 rings (SSSR count). The van der Waals surface area contributed by atoms with E-state index in [1.807, 2.05) is 29.6 Å². The number of carbonyl (C=O) groups is 2. The number of nitrogens with zero attached hydrogens (tertiary/aromatic N) is 1. The highest BCUT2D eigenvalue weighted by molar-refractivity contribution is 7.13. The number of nitrogens with one attached hydrogen (secondary N) is 1. The number of hydrogen-bond donors (Lipinski definition) is 2. The molecule has 2 atom stereocenters. The number of carbonyl (C=O) groups excluding carboxylic acids is 1. The summed E-state index contributed by atoms with van der Waals surface area (Å²) in [5.41, 5.74) is 1.69. The van der Waals surface area contributed by atoms with E-state index in [-0.39, 0.29) is 11.8 Å². The van der Waals surface area contributed by atoms with E-state index in [1.54, 1.807) is 17.5 Å². The molecule has 1 aromatic carbocycles. The SMILES string of the molecule is O=C(O)C1CCCC(C(=O)Nc2cccc(-c3nccs3)c2)C1. The molecule has 120 valence electrons. The molecule has 2 aromatic rings. The van der Waals surface area contributed by atoms with Gasteiger partial charge in [-0.05, 0) is 31.4 Å². The molecule has 0 saturated heterocycles. The Balaban J connectivity index is 1.68. The second-order valence-corrected chi connectivity index (χ2v) is 6.70. The third-order valence-corrected chi connectivity index (χ3v) is 5.03. The summed E-state index contributed by atoms with van der Waals surface area (Å²) in [5, 5.41) is 14.9. The predicted octanol–water partition coefficient (Wildman–Crippen LogP) is 3.64. The van der Waals surface area contributed by atoms with Crippen molar-refractivity contribution in [3.8, 4) is 10.6 Å². The van der Waals surface area contributed by atoms with Crippen molar-refractivity contribution in [3.05, 3.63) is 35.8 Å². The highest BCUT2D eigenvalue weighted by atomic mass is 32.1. The molecule has 0 bridgehead atoms. The van der Waals surface area contributed by atoms with Gasteiger partial charge >= 0.3 is 5.97 Å². The number of amides is 1. The summed E-state index contributed by atoms with van der Waals surface area (Å²) in [4.78, 5) is 27.8. The number of carboxylic acid groups (broad SMARTS) is 1. The molecule has 1 heterocycles. The average Bonchev–Trinajstić information content (AvgIpc) is 3.10. The van der Waals surface area contributed by atoms with E-state index in [4.69, 9.17) is 5.11 Å². The zero-order valence-electron chi connectivity index (χ0n) is 12.6. The van der Waals surface area contributed by atoms with Gasteiger partial charge in [-0.25, -0.2) is 4.98 Å². The molecule has 0 aliphatic heterocycles. The van der Waals surface area contributed by atoms with Crippen LogP contribution in [0.25, 0.3) is 10.6 Å². The second kappa shape index (κ2) is 6.91. The van der Waals surface area contributed by atoms with Crippen molar-refractivity contribution in [2.75, 3.05) is 5.32 Å². The minimum Gasteiger partial charge on any atom is -0.481 e. The Morgan fingerprint density at radius 3 is 2.83 bits per heavy atom. The van der Waals surface area contributed by atoms with E-state index < -0.39 is 11.9 Å². The average molecular weight is 330 g/mol. The van der Waals surface area contributed by atoms with Gasteiger partial charge in [0.25, 0.3) is 0 Å². The molecule has 1 saturated carbocycles. The summed E-state index contributed by atoms with van der Waals surface area (Å²) in [6.07, 6.45) is 4.38. The maximum Gasteiger partial charge on any atom is 0.306 e. The largest absolute Gasteiger partial charge is 0.481 e. The number of thiazole rings is 1. The monoisotopic (exact) mass is 330 g/mol. The highest BCUT2D eigenvalue weighted by Crippen LogP contribution is 2.31. The van der Waals surface area contributed by atoms with Crippen LogP contribution in [0.15, 0.2) is 35.8 Å². The number of carboxylic acids is 1. The van der Waals surface area contributed by atoms with Crippen LogP contribution in [0.3, 0.4) is 0 Å². The van der Waals surface area contributed by atoms with E-state index in [0.29, 0.717) is 12.8 Å². The third kappa shape index (κ3) is 3.76. The van der Waals surface area contributed by atoms with Crippen LogP contribution in [0.4, 0.5) is 5.69 Å². The van der Waals surface area contributed by atoms with Crippen molar-refractivity contribution in [2.45, 2.75) is 25.7 Å². The van der Waals surface area contributed by atoms with Gasteiger partial charge in [-0.3, -0.25) is 9.59 Å². The molecular weight excluding hydrogens is 312 g/mol. The Kier molecular flexibility index (Phi) is 4.71. The fraction of sp³-hybridized carbons (Fsp3) is 0.353. The van der Waals surface area contributed by atoms with Crippen LogP contribution >= 0.6 is 11.3 Å². The van der Waals surface area contributed by atoms with E-state index in [1.165, 1.54) is 0 Å². The minimum absolute atomic E-state index is 0.0905. The fourth-order valence-corrected chi connectivity index (χ4v) is 3.63. The lowest BCUT2D eigenvalue weighted by Gasteiger charge is -2.25. The van der Waals surface area contributed by atoms with Crippen molar-refractivity contribution in [2.24, 2.45) is 11.8 Å². The van der Waals surface area contributed by atoms with Crippen LogP contribution in [-0.2, 0) is 9.59 Å². The van der Waals surface area contributed by atoms with Gasteiger partial charge in [0.2, 0.25) is 5.91 Å². The Morgan fingerprint density at radius 1 is 1.26 bits per heavy atom. The van der Waals surface area contributed by atoms with Gasteiger partial charge in [-0.1, -0.05) is 18.6 Å². The number of aliphatic carboxylic acids is 1. The van der Waals surface area contributed by atoms with Crippen LogP contribution in [0.2, 0.25) is 0 Å². The van der Waals surface area contributed by atoms with Gasteiger partial charge in [-0.2, -0.15) is 0 Å². The Morgan fingerprint density at radius 2 is 2.09 bits per heavy atom. The molecule has 6 heteroatoms.